The molecule has 0 fully saturated rings. The first-order chi connectivity index (χ1) is 12.5. The number of amides is 2. The number of hydrazine groups is 1. The van der Waals surface area contributed by atoms with E-state index in [9.17, 15) is 9.59 Å². The summed E-state index contributed by atoms with van der Waals surface area (Å²) in [5.41, 5.74) is 8.99. The summed E-state index contributed by atoms with van der Waals surface area (Å²) in [6, 6.07) is 13.5. The summed E-state index contributed by atoms with van der Waals surface area (Å²) >= 11 is 0. The molecule has 2 rings (SSSR count). The minimum Gasteiger partial charge on any atom is -0.497 e. The third-order valence-electron chi connectivity index (χ3n) is 3.94. The third kappa shape index (κ3) is 6.12. The van der Waals surface area contributed by atoms with Gasteiger partial charge >= 0.3 is 0 Å². The number of carbonyl (C=O) groups excluding carboxylic acids is 2. The zero-order chi connectivity index (χ0) is 18.9. The van der Waals surface area contributed by atoms with E-state index in [1.54, 1.807) is 7.11 Å². The van der Waals surface area contributed by atoms with E-state index in [0.29, 0.717) is 6.42 Å². The standard InChI is InChI=1S/C20H25N3O3/c1-14-7-9-18(15(2)11-14)21-13-20(25)23-22-19(24)10-8-16-5-4-6-17(12-16)26-3/h4-7,9,11-12,21H,8,10,13H2,1-3H3,(H,22,24)(H,23,25). The van der Waals surface area contributed by atoms with E-state index >= 15 is 0 Å². The fourth-order valence-corrected chi connectivity index (χ4v) is 2.52. The lowest BCUT2D eigenvalue weighted by molar-refractivity contribution is -0.128. The largest absolute Gasteiger partial charge is 0.497 e. The minimum absolute atomic E-state index is 0.0834. The zero-order valence-corrected chi connectivity index (χ0v) is 15.4. The highest BCUT2D eigenvalue weighted by Gasteiger charge is 2.06. The highest BCUT2D eigenvalue weighted by Crippen LogP contribution is 2.15. The van der Waals surface area contributed by atoms with Gasteiger partial charge in [0.05, 0.1) is 13.7 Å². The van der Waals surface area contributed by atoms with Crippen molar-refractivity contribution < 1.29 is 14.3 Å². The Morgan fingerprint density at radius 1 is 1.00 bits per heavy atom. The van der Waals surface area contributed by atoms with Crippen LogP contribution >= 0.6 is 0 Å². The molecule has 0 aliphatic rings. The second kappa shape index (κ2) is 9.46. The highest BCUT2D eigenvalue weighted by atomic mass is 16.5. The Labute approximate surface area is 153 Å². The molecule has 0 saturated carbocycles. The molecule has 0 aliphatic carbocycles. The predicted molar refractivity (Wildman–Crippen MR) is 102 cm³/mol. The van der Waals surface area contributed by atoms with Crippen LogP contribution in [0.1, 0.15) is 23.1 Å². The summed E-state index contributed by atoms with van der Waals surface area (Å²) in [4.78, 5) is 23.7. The number of aryl methyl sites for hydroxylation is 3. The molecule has 6 heteroatoms. The Hall–Kier alpha value is -3.02. The first-order valence-electron chi connectivity index (χ1n) is 8.49. The number of hydrogen-bond acceptors (Lipinski definition) is 4. The third-order valence-corrected chi connectivity index (χ3v) is 3.94. The van der Waals surface area contributed by atoms with Crippen molar-refractivity contribution in [3.8, 4) is 5.75 Å². The van der Waals surface area contributed by atoms with Gasteiger partial charge in [0.25, 0.3) is 5.91 Å². The van der Waals surface area contributed by atoms with Crippen molar-refractivity contribution in [1.29, 1.82) is 0 Å². The maximum absolute atomic E-state index is 11.9. The summed E-state index contributed by atoms with van der Waals surface area (Å²) in [5, 5.41) is 3.06. The van der Waals surface area contributed by atoms with Crippen molar-refractivity contribution in [1.82, 2.24) is 10.9 Å². The van der Waals surface area contributed by atoms with Gasteiger partial charge in [0, 0.05) is 12.1 Å². The van der Waals surface area contributed by atoms with E-state index < -0.39 is 0 Å². The number of rotatable bonds is 7. The highest BCUT2D eigenvalue weighted by molar-refractivity contribution is 5.84. The molecule has 0 atom stereocenters. The fraction of sp³-hybridized carbons (Fsp3) is 0.300. The molecule has 2 aromatic rings. The lowest BCUT2D eigenvalue weighted by atomic mass is 10.1. The summed E-state index contributed by atoms with van der Waals surface area (Å²) in [7, 11) is 1.60. The van der Waals surface area contributed by atoms with Crippen LogP contribution in [0.5, 0.6) is 5.75 Å². The van der Waals surface area contributed by atoms with Crippen molar-refractivity contribution in [2.75, 3.05) is 19.0 Å². The SMILES string of the molecule is COc1cccc(CCC(=O)NNC(=O)CNc2ccc(C)cc2C)c1. The molecular formula is C20H25N3O3. The molecule has 2 aromatic carbocycles. The Balaban J connectivity index is 1.70. The number of methoxy groups -OCH3 is 1. The molecule has 6 nitrogen and oxygen atoms in total. The number of carbonyl (C=O) groups is 2. The van der Waals surface area contributed by atoms with Crippen molar-refractivity contribution >= 4 is 17.5 Å². The van der Waals surface area contributed by atoms with Gasteiger partial charge in [-0.2, -0.15) is 0 Å². The fourth-order valence-electron chi connectivity index (χ4n) is 2.52. The number of anilines is 1. The van der Waals surface area contributed by atoms with Crippen molar-refractivity contribution in [3.05, 3.63) is 59.2 Å². The summed E-state index contributed by atoms with van der Waals surface area (Å²) in [6.07, 6.45) is 0.845. The van der Waals surface area contributed by atoms with Crippen molar-refractivity contribution in [2.45, 2.75) is 26.7 Å². The molecular weight excluding hydrogens is 330 g/mol. The van der Waals surface area contributed by atoms with Crippen LogP contribution in [0, 0.1) is 13.8 Å². The molecule has 0 saturated heterocycles. The Kier molecular flexibility index (Phi) is 7.02. The quantitative estimate of drug-likeness (QED) is 0.667. The van der Waals surface area contributed by atoms with Crippen LogP contribution in [-0.4, -0.2) is 25.5 Å². The molecule has 3 N–H and O–H groups in total. The maximum atomic E-state index is 11.9. The Morgan fingerprint density at radius 3 is 2.50 bits per heavy atom. The Morgan fingerprint density at radius 2 is 1.77 bits per heavy atom. The number of ether oxygens (including phenoxy) is 1. The monoisotopic (exact) mass is 355 g/mol. The normalized spacial score (nSPS) is 10.1. The van der Waals surface area contributed by atoms with E-state index in [0.717, 1.165) is 22.6 Å². The van der Waals surface area contributed by atoms with Gasteiger partial charge in [-0.25, -0.2) is 0 Å². The summed E-state index contributed by atoms with van der Waals surface area (Å²) in [5.74, 6) is 0.209. The van der Waals surface area contributed by atoms with Gasteiger partial charge < -0.3 is 10.1 Å². The van der Waals surface area contributed by atoms with Gasteiger partial charge in [0.1, 0.15) is 5.75 Å². The second-order valence-electron chi connectivity index (χ2n) is 6.12. The van der Waals surface area contributed by atoms with Gasteiger partial charge in [-0.15, -0.1) is 0 Å². The van der Waals surface area contributed by atoms with Gasteiger partial charge in [0.15, 0.2) is 0 Å². The van der Waals surface area contributed by atoms with Crippen molar-refractivity contribution in [2.24, 2.45) is 0 Å². The average molecular weight is 355 g/mol. The van der Waals surface area contributed by atoms with E-state index in [1.807, 2.05) is 56.3 Å². The van der Waals surface area contributed by atoms with Crippen LogP contribution < -0.4 is 20.9 Å². The number of benzene rings is 2. The average Bonchev–Trinajstić information content (AvgIpc) is 2.64. The Bertz CT molecular complexity index is 775. The van der Waals surface area contributed by atoms with E-state index in [-0.39, 0.29) is 24.8 Å². The molecule has 0 unspecified atom stereocenters. The van der Waals surface area contributed by atoms with E-state index in [4.69, 9.17) is 4.74 Å². The summed E-state index contributed by atoms with van der Waals surface area (Å²) < 4.78 is 5.15. The van der Waals surface area contributed by atoms with Crippen LogP contribution in [0.15, 0.2) is 42.5 Å². The van der Waals surface area contributed by atoms with Crippen molar-refractivity contribution in [3.63, 3.8) is 0 Å². The first-order valence-corrected chi connectivity index (χ1v) is 8.49. The molecule has 26 heavy (non-hydrogen) atoms. The second-order valence-corrected chi connectivity index (χ2v) is 6.12. The molecule has 0 heterocycles. The predicted octanol–water partition coefficient (Wildman–Crippen LogP) is 2.50. The lowest BCUT2D eigenvalue weighted by Gasteiger charge is -2.11. The van der Waals surface area contributed by atoms with Crippen LogP contribution in [0.25, 0.3) is 0 Å². The van der Waals surface area contributed by atoms with Gasteiger partial charge in [0.2, 0.25) is 5.91 Å². The van der Waals surface area contributed by atoms with E-state index in [2.05, 4.69) is 16.2 Å². The van der Waals surface area contributed by atoms with Crippen LogP contribution in [0.4, 0.5) is 5.69 Å². The van der Waals surface area contributed by atoms with Gasteiger partial charge in [-0.1, -0.05) is 29.8 Å². The minimum atomic E-state index is -0.306. The molecule has 0 aliphatic heterocycles. The van der Waals surface area contributed by atoms with Crippen LogP contribution in [-0.2, 0) is 16.0 Å². The van der Waals surface area contributed by atoms with Crippen LogP contribution in [0.3, 0.4) is 0 Å². The molecule has 0 aromatic heterocycles. The molecule has 138 valence electrons. The lowest BCUT2D eigenvalue weighted by Crippen LogP contribution is -2.44. The summed E-state index contributed by atoms with van der Waals surface area (Å²) in [6.45, 7) is 4.08. The first kappa shape index (κ1) is 19.3. The maximum Gasteiger partial charge on any atom is 0.257 e. The zero-order valence-electron chi connectivity index (χ0n) is 15.4. The molecule has 0 bridgehead atoms. The number of hydrogen-bond donors (Lipinski definition) is 3. The topological polar surface area (TPSA) is 79.5 Å². The molecule has 2 amide bonds. The van der Waals surface area contributed by atoms with Crippen LogP contribution in [0.2, 0.25) is 0 Å². The van der Waals surface area contributed by atoms with Gasteiger partial charge in [-0.05, 0) is 49.6 Å². The smallest absolute Gasteiger partial charge is 0.257 e. The van der Waals surface area contributed by atoms with Gasteiger partial charge in [-0.3, -0.25) is 20.4 Å². The van der Waals surface area contributed by atoms with E-state index in [1.165, 1.54) is 5.56 Å². The molecule has 0 radical (unpaired) electrons. The number of nitrogens with one attached hydrogen (secondary N) is 3. The molecule has 0 spiro atoms.